The maximum atomic E-state index is 13.5. The van der Waals surface area contributed by atoms with Gasteiger partial charge in [0.05, 0.1) is 12.7 Å². The molecule has 0 radical (unpaired) electrons. The van der Waals surface area contributed by atoms with Gasteiger partial charge in [0.15, 0.2) is 23.3 Å². The standard InChI is InChI=1S/C10H16F2N4O2/c1-16(4-6(17)5-18-2)10-8(12)3-7(11)9(14-10)15-13/h3,6,17H,4-5,13H2,1-2H3,(H,14,15). The van der Waals surface area contributed by atoms with Crippen molar-refractivity contribution in [2.45, 2.75) is 6.10 Å². The Labute approximate surface area is 103 Å². The van der Waals surface area contributed by atoms with Crippen LogP contribution in [-0.2, 0) is 4.74 Å². The molecule has 0 spiro atoms. The molecule has 0 amide bonds. The summed E-state index contributed by atoms with van der Waals surface area (Å²) in [5.74, 6) is 2.96. The highest BCUT2D eigenvalue weighted by molar-refractivity contribution is 5.48. The summed E-state index contributed by atoms with van der Waals surface area (Å²) in [6.07, 6.45) is -0.805. The van der Waals surface area contributed by atoms with Crippen molar-refractivity contribution >= 4 is 11.6 Å². The van der Waals surface area contributed by atoms with Gasteiger partial charge < -0.3 is 20.2 Å². The van der Waals surface area contributed by atoms with Crippen molar-refractivity contribution < 1.29 is 18.6 Å². The van der Waals surface area contributed by atoms with E-state index in [2.05, 4.69) is 4.98 Å². The van der Waals surface area contributed by atoms with Crippen LogP contribution in [0.2, 0.25) is 0 Å². The van der Waals surface area contributed by atoms with Crippen molar-refractivity contribution in [2.24, 2.45) is 5.84 Å². The van der Waals surface area contributed by atoms with Crippen LogP contribution < -0.4 is 16.2 Å². The third-order valence-electron chi connectivity index (χ3n) is 2.25. The molecule has 0 saturated heterocycles. The van der Waals surface area contributed by atoms with E-state index < -0.39 is 17.7 Å². The summed E-state index contributed by atoms with van der Waals surface area (Å²) < 4.78 is 31.4. The molecular formula is C10H16F2N4O2. The first-order valence-electron chi connectivity index (χ1n) is 5.20. The quantitative estimate of drug-likeness (QED) is 0.498. The molecule has 1 heterocycles. The van der Waals surface area contributed by atoms with Gasteiger partial charge in [-0.3, -0.25) is 0 Å². The highest BCUT2D eigenvalue weighted by Gasteiger charge is 2.17. The molecule has 1 atom stereocenters. The van der Waals surface area contributed by atoms with E-state index in [0.29, 0.717) is 6.07 Å². The third-order valence-corrected chi connectivity index (χ3v) is 2.25. The van der Waals surface area contributed by atoms with E-state index in [1.165, 1.54) is 19.1 Å². The average molecular weight is 262 g/mol. The molecule has 6 nitrogen and oxygen atoms in total. The van der Waals surface area contributed by atoms with Crippen LogP contribution in [0.3, 0.4) is 0 Å². The topological polar surface area (TPSA) is 83.6 Å². The number of ether oxygens (including phenoxy) is 1. The van der Waals surface area contributed by atoms with Gasteiger partial charge in [0.1, 0.15) is 0 Å². The summed E-state index contributed by atoms with van der Waals surface area (Å²) >= 11 is 0. The van der Waals surface area contributed by atoms with Gasteiger partial charge in [-0.05, 0) is 0 Å². The maximum absolute atomic E-state index is 13.5. The molecule has 1 aromatic heterocycles. The molecule has 0 aliphatic rings. The molecule has 4 N–H and O–H groups in total. The lowest BCUT2D eigenvalue weighted by Crippen LogP contribution is -2.33. The summed E-state index contributed by atoms with van der Waals surface area (Å²) in [6.45, 7) is 0.197. The number of likely N-dealkylation sites (N-methyl/N-ethyl adjacent to an activating group) is 1. The molecule has 18 heavy (non-hydrogen) atoms. The summed E-state index contributed by atoms with van der Waals surface area (Å²) in [4.78, 5) is 5.04. The number of methoxy groups -OCH3 is 1. The predicted octanol–water partition coefficient (Wildman–Crippen LogP) is 0.0889. The van der Waals surface area contributed by atoms with Gasteiger partial charge in [-0.1, -0.05) is 0 Å². The number of rotatable bonds is 6. The first kappa shape index (κ1) is 14.6. The number of hydrogen-bond acceptors (Lipinski definition) is 6. The number of aromatic nitrogens is 1. The minimum Gasteiger partial charge on any atom is -0.389 e. The molecular weight excluding hydrogens is 246 g/mol. The van der Waals surface area contributed by atoms with Crippen LogP contribution in [0.5, 0.6) is 0 Å². The number of nitrogen functional groups attached to an aromatic ring is 1. The van der Waals surface area contributed by atoms with E-state index in [-0.39, 0.29) is 24.8 Å². The smallest absolute Gasteiger partial charge is 0.178 e. The molecule has 102 valence electrons. The summed E-state index contributed by atoms with van der Waals surface area (Å²) in [5, 5.41) is 9.52. The zero-order valence-corrected chi connectivity index (χ0v) is 10.2. The van der Waals surface area contributed by atoms with E-state index in [1.807, 2.05) is 5.43 Å². The molecule has 0 aliphatic heterocycles. The lowest BCUT2D eigenvalue weighted by molar-refractivity contribution is 0.0693. The van der Waals surface area contributed by atoms with Crippen molar-refractivity contribution in [3.05, 3.63) is 17.7 Å². The van der Waals surface area contributed by atoms with E-state index in [9.17, 15) is 13.9 Å². The van der Waals surface area contributed by atoms with E-state index >= 15 is 0 Å². The number of anilines is 2. The van der Waals surface area contributed by atoms with Gasteiger partial charge in [0.2, 0.25) is 0 Å². The van der Waals surface area contributed by atoms with Crippen LogP contribution in [0.15, 0.2) is 6.07 Å². The van der Waals surface area contributed by atoms with Crippen molar-refractivity contribution in [1.82, 2.24) is 4.98 Å². The number of aliphatic hydroxyl groups is 1. The highest BCUT2D eigenvalue weighted by Crippen LogP contribution is 2.21. The van der Waals surface area contributed by atoms with Crippen LogP contribution in [0.1, 0.15) is 0 Å². The van der Waals surface area contributed by atoms with Crippen LogP contribution >= 0.6 is 0 Å². The van der Waals surface area contributed by atoms with Crippen molar-refractivity contribution in [1.29, 1.82) is 0 Å². The Hall–Kier alpha value is -1.51. The average Bonchev–Trinajstić information content (AvgIpc) is 2.29. The fourth-order valence-electron chi connectivity index (χ4n) is 1.47. The minimum atomic E-state index is -0.885. The minimum absolute atomic E-state index is 0.0907. The molecule has 8 heteroatoms. The van der Waals surface area contributed by atoms with Gasteiger partial charge in [-0.2, -0.15) is 0 Å². The number of aliphatic hydroxyl groups excluding tert-OH is 1. The van der Waals surface area contributed by atoms with Gasteiger partial charge >= 0.3 is 0 Å². The lowest BCUT2D eigenvalue weighted by atomic mass is 10.3. The number of halogens is 2. The molecule has 1 aromatic rings. The number of nitrogens with two attached hydrogens (primary N) is 1. The Balaban J connectivity index is 2.87. The lowest BCUT2D eigenvalue weighted by Gasteiger charge is -2.22. The molecule has 0 aromatic carbocycles. The summed E-state index contributed by atoms with van der Waals surface area (Å²) in [6, 6.07) is 0.677. The Kier molecular flexibility index (Phi) is 5.20. The Bertz CT molecular complexity index is 406. The fourth-order valence-corrected chi connectivity index (χ4v) is 1.47. The monoisotopic (exact) mass is 262 g/mol. The second-order valence-electron chi connectivity index (χ2n) is 3.76. The van der Waals surface area contributed by atoms with E-state index in [4.69, 9.17) is 10.6 Å². The second kappa shape index (κ2) is 6.43. The number of hydrogen-bond donors (Lipinski definition) is 3. The molecule has 0 fully saturated rings. The Morgan fingerprint density at radius 2 is 2.22 bits per heavy atom. The normalized spacial score (nSPS) is 12.3. The zero-order chi connectivity index (χ0) is 13.7. The first-order chi connectivity index (χ1) is 8.49. The molecule has 1 rings (SSSR count). The summed E-state index contributed by atoms with van der Waals surface area (Å²) in [5.41, 5.74) is 2.03. The summed E-state index contributed by atoms with van der Waals surface area (Å²) in [7, 11) is 2.96. The Morgan fingerprint density at radius 3 is 2.78 bits per heavy atom. The SMILES string of the molecule is COCC(O)CN(C)c1nc(NN)c(F)cc1F. The number of nitrogens with zero attached hydrogens (tertiary/aromatic N) is 2. The second-order valence-corrected chi connectivity index (χ2v) is 3.76. The maximum Gasteiger partial charge on any atom is 0.178 e. The molecule has 0 saturated carbocycles. The van der Waals surface area contributed by atoms with Gasteiger partial charge in [0, 0.05) is 26.8 Å². The largest absolute Gasteiger partial charge is 0.389 e. The van der Waals surface area contributed by atoms with Crippen LogP contribution in [-0.4, -0.2) is 43.5 Å². The fraction of sp³-hybridized carbons (Fsp3) is 0.500. The zero-order valence-electron chi connectivity index (χ0n) is 10.2. The number of pyridine rings is 1. The predicted molar refractivity (Wildman–Crippen MR) is 63.1 cm³/mol. The number of nitrogens with one attached hydrogen (secondary N) is 1. The van der Waals surface area contributed by atoms with Gasteiger partial charge in [-0.15, -0.1) is 0 Å². The molecule has 0 aliphatic carbocycles. The van der Waals surface area contributed by atoms with Crippen LogP contribution in [0.25, 0.3) is 0 Å². The third kappa shape index (κ3) is 3.49. The first-order valence-corrected chi connectivity index (χ1v) is 5.20. The van der Waals surface area contributed by atoms with Crippen molar-refractivity contribution in [2.75, 3.05) is 37.6 Å². The highest BCUT2D eigenvalue weighted by atomic mass is 19.1. The van der Waals surface area contributed by atoms with Crippen molar-refractivity contribution in [3.8, 4) is 0 Å². The van der Waals surface area contributed by atoms with Gasteiger partial charge in [0.25, 0.3) is 0 Å². The van der Waals surface area contributed by atoms with Crippen LogP contribution in [0, 0.1) is 11.6 Å². The van der Waals surface area contributed by atoms with Crippen molar-refractivity contribution in [3.63, 3.8) is 0 Å². The van der Waals surface area contributed by atoms with E-state index in [0.717, 1.165) is 0 Å². The molecule has 0 bridgehead atoms. The van der Waals surface area contributed by atoms with Gasteiger partial charge in [-0.25, -0.2) is 19.6 Å². The molecule has 1 unspecified atom stereocenters. The van der Waals surface area contributed by atoms with E-state index in [1.54, 1.807) is 0 Å². The van der Waals surface area contributed by atoms with Crippen LogP contribution in [0.4, 0.5) is 20.4 Å². The Morgan fingerprint density at radius 1 is 1.56 bits per heavy atom. The number of hydrazine groups is 1.